The Balaban J connectivity index is 1.30. The third-order valence-electron chi connectivity index (χ3n) is 6.89. The van der Waals surface area contributed by atoms with Crippen LogP contribution in [0.25, 0.3) is 0 Å². The smallest absolute Gasteiger partial charge is 0.325 e. The fourth-order valence-electron chi connectivity index (χ4n) is 4.94. The van der Waals surface area contributed by atoms with E-state index in [0.717, 1.165) is 31.8 Å². The van der Waals surface area contributed by atoms with Crippen molar-refractivity contribution in [3.8, 4) is 0 Å². The fourth-order valence-corrected chi connectivity index (χ4v) is 5.80. The van der Waals surface area contributed by atoms with E-state index < -0.39 is 5.54 Å². The van der Waals surface area contributed by atoms with E-state index in [1.165, 1.54) is 22.6 Å². The van der Waals surface area contributed by atoms with Crippen LogP contribution in [-0.4, -0.2) is 59.4 Å². The predicted molar refractivity (Wildman–Crippen MR) is 116 cm³/mol. The van der Waals surface area contributed by atoms with Crippen molar-refractivity contribution in [2.24, 2.45) is 5.92 Å². The van der Waals surface area contributed by atoms with Crippen LogP contribution >= 0.6 is 11.3 Å². The van der Waals surface area contributed by atoms with E-state index in [1.807, 2.05) is 0 Å². The number of rotatable bonds is 7. The number of imide groups is 1. The number of carbonyl (C=O) groups excluding carboxylic acids is 3. The summed E-state index contributed by atoms with van der Waals surface area (Å²) in [5, 5.41) is 8.00. The van der Waals surface area contributed by atoms with Gasteiger partial charge in [0.2, 0.25) is 5.91 Å². The van der Waals surface area contributed by atoms with Crippen molar-refractivity contribution >= 4 is 29.2 Å². The normalized spacial score (nSPS) is 23.2. The molecule has 0 bridgehead atoms. The maximum atomic E-state index is 12.7. The van der Waals surface area contributed by atoms with Crippen LogP contribution in [0.5, 0.6) is 0 Å². The van der Waals surface area contributed by atoms with Crippen molar-refractivity contribution < 1.29 is 14.4 Å². The van der Waals surface area contributed by atoms with Gasteiger partial charge in [-0.1, -0.05) is 25.8 Å². The van der Waals surface area contributed by atoms with Crippen molar-refractivity contribution in [1.29, 1.82) is 0 Å². The van der Waals surface area contributed by atoms with E-state index in [4.69, 9.17) is 0 Å². The zero-order valence-corrected chi connectivity index (χ0v) is 18.5. The Morgan fingerprint density at radius 1 is 1.30 bits per heavy atom. The second kappa shape index (κ2) is 9.06. The summed E-state index contributed by atoms with van der Waals surface area (Å²) in [6.45, 7) is 5.08. The molecule has 1 aromatic heterocycles. The number of amides is 4. The van der Waals surface area contributed by atoms with E-state index in [1.54, 1.807) is 11.3 Å². The van der Waals surface area contributed by atoms with E-state index in [-0.39, 0.29) is 36.9 Å². The van der Waals surface area contributed by atoms with Crippen LogP contribution in [0.2, 0.25) is 0 Å². The molecule has 1 atom stereocenters. The van der Waals surface area contributed by atoms with Gasteiger partial charge in [0.15, 0.2) is 0 Å². The van der Waals surface area contributed by atoms with Gasteiger partial charge >= 0.3 is 6.03 Å². The van der Waals surface area contributed by atoms with E-state index in [0.29, 0.717) is 19.4 Å². The van der Waals surface area contributed by atoms with Crippen LogP contribution in [-0.2, 0) is 9.59 Å². The zero-order valence-electron chi connectivity index (χ0n) is 17.7. The molecule has 3 aliphatic rings. The third-order valence-corrected chi connectivity index (χ3v) is 7.86. The summed E-state index contributed by atoms with van der Waals surface area (Å²) < 4.78 is 0. The highest BCUT2D eigenvalue weighted by molar-refractivity contribution is 7.10. The molecule has 1 spiro atoms. The second-order valence-corrected chi connectivity index (χ2v) is 9.96. The molecule has 2 aliphatic heterocycles. The monoisotopic (exact) mass is 432 g/mol. The van der Waals surface area contributed by atoms with Gasteiger partial charge < -0.3 is 10.6 Å². The topological polar surface area (TPSA) is 81.8 Å². The van der Waals surface area contributed by atoms with Crippen molar-refractivity contribution in [2.75, 3.05) is 26.2 Å². The fraction of sp³-hybridized carbons (Fsp3) is 0.682. The van der Waals surface area contributed by atoms with Crippen LogP contribution in [0.4, 0.5) is 4.79 Å². The summed E-state index contributed by atoms with van der Waals surface area (Å²) in [7, 11) is 0. The van der Waals surface area contributed by atoms with E-state index >= 15 is 0 Å². The first-order valence-electron chi connectivity index (χ1n) is 11.2. The minimum atomic E-state index is -0.705. The Kier molecular flexibility index (Phi) is 6.43. The van der Waals surface area contributed by atoms with E-state index in [2.05, 4.69) is 40.0 Å². The molecule has 1 unspecified atom stereocenters. The van der Waals surface area contributed by atoms with Gasteiger partial charge in [0.05, 0.1) is 6.04 Å². The third kappa shape index (κ3) is 4.39. The average molecular weight is 433 g/mol. The molecular formula is C22H32N4O3S. The number of thiophene rings is 1. The Bertz CT molecular complexity index is 767. The summed E-state index contributed by atoms with van der Waals surface area (Å²) in [5.41, 5.74) is -0.705. The minimum absolute atomic E-state index is 0.116. The lowest BCUT2D eigenvalue weighted by atomic mass is 9.97. The van der Waals surface area contributed by atoms with Gasteiger partial charge in [-0.3, -0.25) is 19.4 Å². The molecule has 2 saturated heterocycles. The molecule has 7 nitrogen and oxygen atoms in total. The highest BCUT2D eigenvalue weighted by atomic mass is 32.1. The highest BCUT2D eigenvalue weighted by Crippen LogP contribution is 2.35. The zero-order chi connectivity index (χ0) is 21.1. The number of nitrogens with one attached hydrogen (secondary N) is 2. The van der Waals surface area contributed by atoms with E-state index in [9.17, 15) is 14.4 Å². The summed E-state index contributed by atoms with van der Waals surface area (Å²) in [4.78, 5) is 42.5. The van der Waals surface area contributed by atoms with Gasteiger partial charge in [0, 0.05) is 24.4 Å². The quantitative estimate of drug-likeness (QED) is 0.649. The first kappa shape index (κ1) is 21.3. The summed E-state index contributed by atoms with van der Waals surface area (Å²) in [6, 6.07) is 4.01. The molecule has 164 valence electrons. The molecule has 4 rings (SSSR count). The SMILES string of the molecule is CC1CCN(C(CNC(=O)CCN2C(=O)NC3(CCCC3)C2=O)c2cccs2)CC1. The molecule has 1 aromatic rings. The van der Waals surface area contributed by atoms with Crippen molar-refractivity contribution in [3.63, 3.8) is 0 Å². The first-order valence-corrected chi connectivity index (χ1v) is 12.0. The van der Waals surface area contributed by atoms with Gasteiger partial charge in [0.1, 0.15) is 5.54 Å². The molecular weight excluding hydrogens is 400 g/mol. The number of hydrogen-bond acceptors (Lipinski definition) is 5. The molecule has 1 aliphatic carbocycles. The van der Waals surface area contributed by atoms with Crippen LogP contribution in [0, 0.1) is 5.92 Å². The molecule has 30 heavy (non-hydrogen) atoms. The lowest BCUT2D eigenvalue weighted by Gasteiger charge is -2.36. The lowest BCUT2D eigenvalue weighted by Crippen LogP contribution is -2.44. The van der Waals surface area contributed by atoms with Gasteiger partial charge in [0.25, 0.3) is 5.91 Å². The van der Waals surface area contributed by atoms with Gasteiger partial charge in [-0.25, -0.2) is 4.79 Å². The molecule has 0 aromatic carbocycles. The number of hydrogen-bond donors (Lipinski definition) is 2. The molecule has 8 heteroatoms. The largest absolute Gasteiger partial charge is 0.354 e. The van der Waals surface area contributed by atoms with Crippen molar-refractivity contribution in [2.45, 2.75) is 63.5 Å². The second-order valence-electron chi connectivity index (χ2n) is 8.98. The van der Waals surface area contributed by atoms with Crippen LogP contribution in [0.15, 0.2) is 17.5 Å². The Morgan fingerprint density at radius 2 is 2.03 bits per heavy atom. The molecule has 0 radical (unpaired) electrons. The minimum Gasteiger partial charge on any atom is -0.354 e. The predicted octanol–water partition coefficient (Wildman–Crippen LogP) is 2.89. The summed E-state index contributed by atoms with van der Waals surface area (Å²) >= 11 is 1.72. The van der Waals surface area contributed by atoms with Crippen LogP contribution in [0.1, 0.15) is 62.8 Å². The standard InChI is InChI=1S/C22H32N4O3S/c1-16-6-11-25(12-7-16)17(18-5-4-14-30-18)15-23-19(27)8-13-26-20(28)22(24-21(26)29)9-2-3-10-22/h4-5,14,16-17H,2-3,6-13,15H2,1H3,(H,23,27)(H,24,29). The number of carbonyl (C=O) groups is 3. The van der Waals surface area contributed by atoms with Crippen LogP contribution in [0.3, 0.4) is 0 Å². The number of likely N-dealkylation sites (tertiary alicyclic amines) is 1. The number of urea groups is 1. The molecule has 4 amide bonds. The summed E-state index contributed by atoms with van der Waals surface area (Å²) in [6.07, 6.45) is 5.84. The molecule has 3 fully saturated rings. The number of piperidine rings is 1. The van der Waals surface area contributed by atoms with Crippen molar-refractivity contribution in [3.05, 3.63) is 22.4 Å². The highest BCUT2D eigenvalue weighted by Gasteiger charge is 2.52. The Labute approximate surface area is 182 Å². The maximum Gasteiger partial charge on any atom is 0.325 e. The number of nitrogens with zero attached hydrogens (tertiary/aromatic N) is 2. The average Bonchev–Trinajstić information content (AvgIpc) is 3.46. The summed E-state index contributed by atoms with van der Waals surface area (Å²) in [5.74, 6) is 0.485. The first-order chi connectivity index (χ1) is 14.5. The molecule has 3 heterocycles. The van der Waals surface area contributed by atoms with Crippen molar-refractivity contribution in [1.82, 2.24) is 20.4 Å². The lowest BCUT2D eigenvalue weighted by molar-refractivity contribution is -0.131. The maximum absolute atomic E-state index is 12.7. The Morgan fingerprint density at radius 3 is 2.70 bits per heavy atom. The van der Waals surface area contributed by atoms with Crippen LogP contribution < -0.4 is 10.6 Å². The Hall–Kier alpha value is -1.93. The van der Waals surface area contributed by atoms with Gasteiger partial charge in [-0.2, -0.15) is 0 Å². The molecule has 2 N–H and O–H groups in total. The van der Waals surface area contributed by atoms with Gasteiger partial charge in [-0.05, 0) is 56.1 Å². The molecule has 1 saturated carbocycles. The van der Waals surface area contributed by atoms with Gasteiger partial charge in [-0.15, -0.1) is 11.3 Å².